The fraction of sp³-hybridized carbons (Fsp3) is 0.0952. The van der Waals surface area contributed by atoms with E-state index in [1.54, 1.807) is 6.07 Å². The number of hydrogen-bond donors (Lipinski definition) is 2. The van der Waals surface area contributed by atoms with E-state index in [9.17, 15) is 26.4 Å². The van der Waals surface area contributed by atoms with Gasteiger partial charge in [0.05, 0.1) is 21.2 Å². The Morgan fingerprint density at radius 3 is 2.38 bits per heavy atom. The number of hydrogen-bond acceptors (Lipinski definition) is 3. The van der Waals surface area contributed by atoms with Crippen LogP contribution >= 0.6 is 34.2 Å². The molecule has 3 aromatic carbocycles. The SMILES string of the molecule is Cc1cc(I)ccc1NC(=O)c1cccc(S(=O)(=O)Nc2cc(C(F)(F)F)ccc2Cl)c1. The van der Waals surface area contributed by atoms with Crippen LogP contribution < -0.4 is 10.0 Å². The van der Waals surface area contributed by atoms with Crippen molar-refractivity contribution >= 4 is 61.5 Å². The molecule has 0 saturated carbocycles. The minimum absolute atomic E-state index is 0.0564. The summed E-state index contributed by atoms with van der Waals surface area (Å²) in [7, 11) is -4.32. The van der Waals surface area contributed by atoms with Crippen LogP contribution in [-0.4, -0.2) is 14.3 Å². The van der Waals surface area contributed by atoms with Crippen LogP contribution in [0.25, 0.3) is 0 Å². The molecule has 0 radical (unpaired) electrons. The van der Waals surface area contributed by atoms with E-state index in [2.05, 4.69) is 32.6 Å². The summed E-state index contributed by atoms with van der Waals surface area (Å²) in [6.45, 7) is 1.82. The van der Waals surface area contributed by atoms with Crippen LogP contribution in [0.15, 0.2) is 65.6 Å². The van der Waals surface area contributed by atoms with E-state index in [-0.39, 0.29) is 15.5 Å². The Labute approximate surface area is 201 Å². The third-order valence-corrected chi connectivity index (χ3v) is 6.74. The van der Waals surface area contributed by atoms with Crippen molar-refractivity contribution < 1.29 is 26.4 Å². The number of benzene rings is 3. The summed E-state index contributed by atoms with van der Waals surface area (Å²) in [5, 5.41) is 2.51. The predicted molar refractivity (Wildman–Crippen MR) is 126 cm³/mol. The molecule has 5 nitrogen and oxygen atoms in total. The van der Waals surface area contributed by atoms with E-state index in [0.29, 0.717) is 11.8 Å². The van der Waals surface area contributed by atoms with Gasteiger partial charge in [-0.25, -0.2) is 8.42 Å². The van der Waals surface area contributed by atoms with Crippen molar-refractivity contribution in [3.05, 3.63) is 85.9 Å². The van der Waals surface area contributed by atoms with E-state index in [1.807, 2.05) is 19.1 Å². The number of amides is 1. The summed E-state index contributed by atoms with van der Waals surface area (Å²) < 4.78 is 67.4. The van der Waals surface area contributed by atoms with Gasteiger partial charge in [-0.1, -0.05) is 17.7 Å². The summed E-state index contributed by atoms with van der Waals surface area (Å²) in [4.78, 5) is 12.3. The van der Waals surface area contributed by atoms with Crippen molar-refractivity contribution in [2.75, 3.05) is 10.0 Å². The number of sulfonamides is 1. The molecule has 0 aliphatic carbocycles. The number of alkyl halides is 3. The number of carbonyl (C=O) groups is 1. The second-order valence-corrected chi connectivity index (χ2v) is 10.1. The van der Waals surface area contributed by atoms with Gasteiger partial charge in [-0.3, -0.25) is 9.52 Å². The Morgan fingerprint density at radius 2 is 1.72 bits per heavy atom. The molecular weight excluding hydrogens is 580 g/mol. The highest BCUT2D eigenvalue weighted by Gasteiger charge is 2.31. The zero-order valence-electron chi connectivity index (χ0n) is 16.3. The van der Waals surface area contributed by atoms with Gasteiger partial charge in [-0.05, 0) is 89.7 Å². The van der Waals surface area contributed by atoms with Gasteiger partial charge >= 0.3 is 6.18 Å². The van der Waals surface area contributed by atoms with Crippen molar-refractivity contribution in [2.45, 2.75) is 18.0 Å². The lowest BCUT2D eigenvalue weighted by molar-refractivity contribution is -0.137. The maximum atomic E-state index is 13.0. The van der Waals surface area contributed by atoms with Crippen molar-refractivity contribution in [3.8, 4) is 0 Å². The van der Waals surface area contributed by atoms with Gasteiger partial charge < -0.3 is 5.32 Å². The molecule has 168 valence electrons. The number of anilines is 2. The fourth-order valence-electron chi connectivity index (χ4n) is 2.75. The third kappa shape index (κ3) is 5.73. The average molecular weight is 595 g/mol. The van der Waals surface area contributed by atoms with E-state index >= 15 is 0 Å². The lowest BCUT2D eigenvalue weighted by atomic mass is 10.1. The van der Waals surface area contributed by atoms with Crippen LogP contribution in [0.4, 0.5) is 24.5 Å². The molecule has 1 amide bonds. The zero-order valence-corrected chi connectivity index (χ0v) is 20.0. The molecule has 3 aromatic rings. The van der Waals surface area contributed by atoms with E-state index < -0.39 is 33.4 Å². The molecule has 0 bridgehead atoms. The number of aryl methyl sites for hydroxylation is 1. The minimum Gasteiger partial charge on any atom is -0.322 e. The Morgan fingerprint density at radius 1 is 1.00 bits per heavy atom. The summed E-state index contributed by atoms with van der Waals surface area (Å²) in [6.07, 6.45) is -4.67. The van der Waals surface area contributed by atoms with Gasteiger partial charge in [0.1, 0.15) is 0 Å². The van der Waals surface area contributed by atoms with Gasteiger partial charge in [0, 0.05) is 14.8 Å². The Hall–Kier alpha value is -2.31. The summed E-state index contributed by atoms with van der Waals surface area (Å²) in [6, 6.07) is 12.9. The molecule has 0 heterocycles. The van der Waals surface area contributed by atoms with Gasteiger partial charge in [0.2, 0.25) is 0 Å². The highest BCUT2D eigenvalue weighted by Crippen LogP contribution is 2.34. The normalized spacial score (nSPS) is 11.8. The number of nitrogens with one attached hydrogen (secondary N) is 2. The van der Waals surface area contributed by atoms with E-state index in [1.165, 1.54) is 18.2 Å². The highest BCUT2D eigenvalue weighted by molar-refractivity contribution is 14.1. The monoisotopic (exact) mass is 594 g/mol. The summed E-state index contributed by atoms with van der Waals surface area (Å²) in [5.74, 6) is -0.538. The molecule has 3 rings (SSSR count). The summed E-state index contributed by atoms with van der Waals surface area (Å²) in [5.41, 5.74) is -0.0279. The third-order valence-electron chi connectivity index (χ3n) is 4.38. The Balaban J connectivity index is 1.87. The van der Waals surface area contributed by atoms with Gasteiger partial charge in [0.15, 0.2) is 0 Å². The second kappa shape index (κ2) is 9.28. The molecule has 0 aromatic heterocycles. The van der Waals surface area contributed by atoms with Crippen LogP contribution in [0.2, 0.25) is 5.02 Å². The number of carbonyl (C=O) groups excluding carboxylic acids is 1. The van der Waals surface area contributed by atoms with Crippen LogP contribution in [-0.2, 0) is 16.2 Å². The van der Waals surface area contributed by atoms with E-state index in [4.69, 9.17) is 11.6 Å². The van der Waals surface area contributed by atoms with Gasteiger partial charge in [-0.2, -0.15) is 13.2 Å². The Kier molecular flexibility index (Phi) is 7.06. The first-order valence-corrected chi connectivity index (χ1v) is 11.9. The molecular formula is C21H15ClF3IN2O3S. The summed E-state index contributed by atoms with van der Waals surface area (Å²) >= 11 is 8.02. The topological polar surface area (TPSA) is 75.3 Å². The molecule has 0 fully saturated rings. The van der Waals surface area contributed by atoms with Gasteiger partial charge in [0.25, 0.3) is 15.9 Å². The van der Waals surface area contributed by atoms with Crippen molar-refractivity contribution in [1.82, 2.24) is 0 Å². The largest absolute Gasteiger partial charge is 0.416 e. The van der Waals surface area contributed by atoms with Crippen molar-refractivity contribution in [1.29, 1.82) is 0 Å². The van der Waals surface area contributed by atoms with Crippen LogP contribution in [0, 0.1) is 10.5 Å². The first-order valence-electron chi connectivity index (χ1n) is 8.94. The molecule has 0 atom stereocenters. The number of halogens is 5. The van der Waals surface area contributed by atoms with Crippen molar-refractivity contribution in [3.63, 3.8) is 0 Å². The molecule has 0 aliphatic rings. The van der Waals surface area contributed by atoms with E-state index in [0.717, 1.165) is 27.3 Å². The standard InChI is InChI=1S/C21H15ClF3IN2O3S/c1-12-9-15(26)6-8-18(12)27-20(29)13-3-2-4-16(10-13)32(30,31)28-19-11-14(21(23,24)25)5-7-17(19)22/h2-11,28H,1H3,(H,27,29). The lowest BCUT2D eigenvalue weighted by Crippen LogP contribution is -2.17. The van der Waals surface area contributed by atoms with Crippen molar-refractivity contribution in [2.24, 2.45) is 0 Å². The van der Waals surface area contributed by atoms with Crippen LogP contribution in [0.1, 0.15) is 21.5 Å². The smallest absolute Gasteiger partial charge is 0.322 e. The fourth-order valence-corrected chi connectivity index (χ4v) is 4.73. The van der Waals surface area contributed by atoms with Crippen LogP contribution in [0.5, 0.6) is 0 Å². The molecule has 0 saturated heterocycles. The first-order chi connectivity index (χ1) is 14.9. The highest BCUT2D eigenvalue weighted by atomic mass is 127. The first kappa shape index (κ1) is 24.3. The quantitative estimate of drug-likeness (QED) is 0.339. The van der Waals surface area contributed by atoms with Crippen LogP contribution in [0.3, 0.4) is 0 Å². The minimum atomic E-state index is -4.67. The molecule has 32 heavy (non-hydrogen) atoms. The molecule has 0 aliphatic heterocycles. The maximum Gasteiger partial charge on any atom is 0.416 e. The zero-order chi connectivity index (χ0) is 23.7. The predicted octanol–water partition coefficient (Wildman–Crippen LogP) is 6.32. The molecule has 11 heteroatoms. The average Bonchev–Trinajstić information content (AvgIpc) is 2.71. The maximum absolute atomic E-state index is 13.0. The molecule has 0 unspecified atom stereocenters. The molecule has 0 spiro atoms. The second-order valence-electron chi connectivity index (χ2n) is 6.74. The van der Waals surface area contributed by atoms with Gasteiger partial charge in [-0.15, -0.1) is 0 Å². The number of rotatable bonds is 5. The Bertz CT molecular complexity index is 1300. The lowest BCUT2D eigenvalue weighted by Gasteiger charge is -2.14. The molecule has 2 N–H and O–H groups in total.